The van der Waals surface area contributed by atoms with E-state index in [-0.39, 0.29) is 37.7 Å². The molecular formula is C12H10Li2. The summed E-state index contributed by atoms with van der Waals surface area (Å²) in [5.41, 5.74) is 2.55. The van der Waals surface area contributed by atoms with Crippen LogP contribution >= 0.6 is 0 Å². The molecule has 0 amide bonds. The van der Waals surface area contributed by atoms with Gasteiger partial charge in [-0.2, -0.15) is 0 Å². The van der Waals surface area contributed by atoms with E-state index in [9.17, 15) is 0 Å². The molecule has 0 heterocycles. The minimum Gasteiger partial charge on any atom is -0.294 e. The summed E-state index contributed by atoms with van der Waals surface area (Å²) in [6.45, 7) is 0. The quantitative estimate of drug-likeness (QED) is 0.311. The fourth-order valence-corrected chi connectivity index (χ4v) is 1.26. The molecule has 0 spiro atoms. The maximum Gasteiger partial charge on any atom is 1.00 e. The van der Waals surface area contributed by atoms with Crippen molar-refractivity contribution in [3.63, 3.8) is 0 Å². The van der Waals surface area contributed by atoms with Crippen molar-refractivity contribution in [1.82, 2.24) is 0 Å². The fourth-order valence-electron chi connectivity index (χ4n) is 1.26. The SMILES string of the molecule is C1=CC(c2ccccc2)=C[CH-][CH-]1.[Li+].[Li+]. The molecule has 1 aromatic rings. The van der Waals surface area contributed by atoms with Crippen LogP contribution in [-0.2, 0) is 0 Å². The Bertz CT molecular complexity index is 312. The molecule has 0 N–H and O–H groups in total. The van der Waals surface area contributed by atoms with Gasteiger partial charge in [0, 0.05) is 0 Å². The summed E-state index contributed by atoms with van der Waals surface area (Å²) in [5, 5.41) is 0. The second kappa shape index (κ2) is 7.00. The maximum absolute atomic E-state index is 2.12. The van der Waals surface area contributed by atoms with Gasteiger partial charge in [0.1, 0.15) is 0 Å². The Hall–Kier alpha value is -0.365. The van der Waals surface area contributed by atoms with Crippen molar-refractivity contribution < 1.29 is 37.7 Å². The first-order valence-electron chi connectivity index (χ1n) is 4.07. The van der Waals surface area contributed by atoms with Crippen molar-refractivity contribution in [2.24, 2.45) is 0 Å². The standard InChI is InChI=1S/C12H10.2Li/c1-3-7-11(8-4-1)12-9-5-2-6-10-12;;/h1-10H;;/q-2;2*+1. The van der Waals surface area contributed by atoms with Crippen molar-refractivity contribution >= 4 is 5.57 Å². The monoisotopic (exact) mass is 168 g/mol. The molecule has 1 aromatic carbocycles. The third kappa shape index (κ3) is 3.41. The first-order chi connectivity index (χ1) is 5.97. The molecule has 2 heteroatoms. The normalized spacial score (nSPS) is 12.4. The van der Waals surface area contributed by atoms with Gasteiger partial charge in [-0.25, -0.2) is 0 Å². The Morgan fingerprint density at radius 2 is 1.57 bits per heavy atom. The van der Waals surface area contributed by atoms with Gasteiger partial charge in [0.15, 0.2) is 0 Å². The van der Waals surface area contributed by atoms with E-state index in [1.165, 1.54) is 11.1 Å². The predicted octanol–water partition coefficient (Wildman–Crippen LogP) is -2.94. The van der Waals surface area contributed by atoms with Gasteiger partial charge in [-0.1, -0.05) is 30.3 Å². The molecular weight excluding hydrogens is 158 g/mol. The molecule has 60 valence electrons. The minimum absolute atomic E-state index is 0. The zero-order chi connectivity index (χ0) is 8.23. The van der Waals surface area contributed by atoms with E-state index in [0.717, 1.165) is 0 Å². The topological polar surface area (TPSA) is 0 Å². The Kier molecular flexibility index (Phi) is 6.81. The number of benzene rings is 1. The molecule has 0 radical (unpaired) electrons. The first-order valence-corrected chi connectivity index (χ1v) is 4.07. The third-order valence-corrected chi connectivity index (χ3v) is 1.88. The van der Waals surface area contributed by atoms with E-state index in [0.29, 0.717) is 0 Å². The summed E-state index contributed by atoms with van der Waals surface area (Å²) in [6.07, 6.45) is 10.4. The molecule has 0 bridgehead atoms. The summed E-state index contributed by atoms with van der Waals surface area (Å²) >= 11 is 0. The predicted molar refractivity (Wildman–Crippen MR) is 52.2 cm³/mol. The zero-order valence-electron chi connectivity index (χ0n) is 8.77. The van der Waals surface area contributed by atoms with Crippen LogP contribution in [0.25, 0.3) is 5.57 Å². The van der Waals surface area contributed by atoms with Crippen LogP contribution in [0, 0.1) is 12.8 Å². The summed E-state index contributed by atoms with van der Waals surface area (Å²) in [6, 6.07) is 10.4. The van der Waals surface area contributed by atoms with Gasteiger partial charge in [-0.05, 0) is 0 Å². The molecule has 0 nitrogen and oxygen atoms in total. The molecule has 1 aliphatic rings. The summed E-state index contributed by atoms with van der Waals surface area (Å²) in [5.74, 6) is 0. The van der Waals surface area contributed by atoms with Crippen molar-refractivity contribution in [2.45, 2.75) is 0 Å². The molecule has 0 unspecified atom stereocenters. The molecule has 0 saturated heterocycles. The molecule has 14 heavy (non-hydrogen) atoms. The smallest absolute Gasteiger partial charge is 0.294 e. The van der Waals surface area contributed by atoms with E-state index in [1.807, 2.05) is 12.5 Å². The van der Waals surface area contributed by atoms with Crippen LogP contribution in [0.3, 0.4) is 0 Å². The van der Waals surface area contributed by atoms with Gasteiger partial charge >= 0.3 is 37.7 Å². The van der Waals surface area contributed by atoms with Crippen LogP contribution in [0.1, 0.15) is 5.56 Å². The summed E-state index contributed by atoms with van der Waals surface area (Å²) in [4.78, 5) is 0. The molecule has 0 saturated carbocycles. The number of hydrogen-bond acceptors (Lipinski definition) is 0. The summed E-state index contributed by atoms with van der Waals surface area (Å²) < 4.78 is 0. The van der Waals surface area contributed by atoms with Gasteiger partial charge in [0.25, 0.3) is 0 Å². The van der Waals surface area contributed by atoms with E-state index in [1.54, 1.807) is 0 Å². The number of allylic oxidation sites excluding steroid dienone is 4. The van der Waals surface area contributed by atoms with E-state index in [4.69, 9.17) is 0 Å². The zero-order valence-corrected chi connectivity index (χ0v) is 8.77. The largest absolute Gasteiger partial charge is 1.00 e. The van der Waals surface area contributed by atoms with Crippen molar-refractivity contribution in [2.75, 3.05) is 0 Å². The Labute approximate surface area is 110 Å². The van der Waals surface area contributed by atoms with Crippen LogP contribution in [-0.4, -0.2) is 0 Å². The number of hydrogen-bond donors (Lipinski definition) is 0. The second-order valence-corrected chi connectivity index (χ2v) is 2.73. The average Bonchev–Trinajstić information content (AvgIpc) is 2.21. The Morgan fingerprint density at radius 1 is 0.857 bits per heavy atom. The van der Waals surface area contributed by atoms with Crippen LogP contribution < -0.4 is 37.7 Å². The van der Waals surface area contributed by atoms with Crippen LogP contribution in [0.4, 0.5) is 0 Å². The van der Waals surface area contributed by atoms with Gasteiger partial charge in [-0.3, -0.25) is 36.6 Å². The van der Waals surface area contributed by atoms with E-state index < -0.39 is 0 Å². The molecule has 0 atom stereocenters. The Morgan fingerprint density at radius 3 is 2.14 bits per heavy atom. The van der Waals surface area contributed by atoms with Crippen molar-refractivity contribution in [3.8, 4) is 0 Å². The fraction of sp³-hybridized carbons (Fsp3) is 0. The van der Waals surface area contributed by atoms with Crippen LogP contribution in [0.5, 0.6) is 0 Å². The number of rotatable bonds is 1. The van der Waals surface area contributed by atoms with Crippen LogP contribution in [0.15, 0.2) is 48.6 Å². The maximum atomic E-state index is 2.12. The summed E-state index contributed by atoms with van der Waals surface area (Å²) in [7, 11) is 0. The van der Waals surface area contributed by atoms with Crippen molar-refractivity contribution in [1.29, 1.82) is 0 Å². The molecule has 0 fully saturated rings. The third-order valence-electron chi connectivity index (χ3n) is 1.88. The minimum atomic E-state index is 0. The van der Waals surface area contributed by atoms with Gasteiger partial charge < -0.3 is 0 Å². The van der Waals surface area contributed by atoms with E-state index >= 15 is 0 Å². The molecule has 1 aliphatic carbocycles. The van der Waals surface area contributed by atoms with Crippen molar-refractivity contribution in [3.05, 3.63) is 67.0 Å². The average molecular weight is 168 g/mol. The second-order valence-electron chi connectivity index (χ2n) is 2.73. The van der Waals surface area contributed by atoms with Gasteiger partial charge in [0.2, 0.25) is 0 Å². The molecule has 0 aromatic heterocycles. The van der Waals surface area contributed by atoms with Crippen LogP contribution in [0.2, 0.25) is 0 Å². The first kappa shape index (κ1) is 13.6. The Balaban J connectivity index is 0.000000845. The molecule has 2 rings (SSSR count). The molecule has 0 aliphatic heterocycles. The van der Waals surface area contributed by atoms with Gasteiger partial charge in [-0.15, -0.1) is 5.56 Å². The van der Waals surface area contributed by atoms with Gasteiger partial charge in [0.05, 0.1) is 0 Å². The van der Waals surface area contributed by atoms with E-state index in [2.05, 4.69) is 48.9 Å².